The molecular weight excluding hydrogens is 164 g/mol. The Labute approximate surface area is 82.5 Å². The van der Waals surface area contributed by atoms with Crippen LogP contribution in [0.3, 0.4) is 0 Å². The number of carbonyl (C=O) groups is 1. The minimum absolute atomic E-state index is 0.180. The Bertz CT molecular complexity index is 115. The van der Waals surface area contributed by atoms with Gasteiger partial charge in [-0.25, -0.2) is 0 Å². The highest BCUT2D eigenvalue weighted by atomic mass is 16.1. The molecule has 1 fully saturated rings. The average molecular weight is 188 g/mol. The molecule has 1 heterocycles. The van der Waals surface area contributed by atoms with Crippen LogP contribution in [0.5, 0.6) is 0 Å². The molecule has 1 aliphatic heterocycles. The van der Waals surface area contributed by atoms with Crippen molar-refractivity contribution in [3.63, 3.8) is 0 Å². The lowest BCUT2D eigenvalue weighted by molar-refractivity contribution is -0.120. The number of likely N-dealkylation sites (N-methyl/N-ethyl adjacent to an activating group) is 1. The molecule has 0 unspecified atom stereocenters. The van der Waals surface area contributed by atoms with E-state index in [1.165, 1.54) is 0 Å². The molecule has 0 aromatic carbocycles. The first-order valence-electron chi connectivity index (χ1n) is 5.24. The van der Waals surface area contributed by atoms with Gasteiger partial charge in [-0.05, 0) is 7.05 Å². The number of carbonyl (C=O) groups excluding carboxylic acids is 1. The molecule has 13 heavy (non-hydrogen) atoms. The van der Waals surface area contributed by atoms with E-state index in [2.05, 4.69) is 10.2 Å². The minimum atomic E-state index is 0.180. The molecule has 80 valence electrons. The molecule has 1 saturated heterocycles. The molecule has 0 aromatic rings. The third kappa shape index (κ3) is 9.34. The van der Waals surface area contributed by atoms with Gasteiger partial charge in [-0.2, -0.15) is 0 Å². The maximum absolute atomic E-state index is 10.7. The van der Waals surface area contributed by atoms with Crippen LogP contribution < -0.4 is 5.32 Å². The number of nitrogens with one attached hydrogen (secondary N) is 1. The van der Waals surface area contributed by atoms with Gasteiger partial charge in [0.1, 0.15) is 0 Å². The molecule has 0 bridgehead atoms. The van der Waals surface area contributed by atoms with Gasteiger partial charge in [0.15, 0.2) is 0 Å². The van der Waals surface area contributed by atoms with Crippen molar-refractivity contribution < 1.29 is 4.79 Å². The molecule has 1 aliphatic rings. The maximum Gasteiger partial charge on any atom is 0.221 e. The minimum Gasteiger partial charge on any atom is -0.355 e. The van der Waals surface area contributed by atoms with Crippen LogP contribution in [0.25, 0.3) is 0 Å². The largest absolute Gasteiger partial charge is 0.355 e. The smallest absolute Gasteiger partial charge is 0.221 e. The number of amides is 1. The molecule has 0 spiro atoms. The van der Waals surface area contributed by atoms with Crippen LogP contribution in [0, 0.1) is 0 Å². The number of hydrogen-bond donors (Lipinski definition) is 1. The van der Waals surface area contributed by atoms with Gasteiger partial charge in [0.25, 0.3) is 0 Å². The maximum atomic E-state index is 10.7. The predicted octanol–water partition coefficient (Wildman–Crippen LogP) is 1.49. The van der Waals surface area contributed by atoms with E-state index in [-0.39, 0.29) is 5.91 Å². The molecule has 1 amide bonds. The summed E-state index contributed by atoms with van der Waals surface area (Å²) < 4.78 is 0. The Balaban J connectivity index is 0. The summed E-state index contributed by atoms with van der Waals surface area (Å²) in [4.78, 5) is 12.8. The van der Waals surface area contributed by atoms with Gasteiger partial charge >= 0.3 is 0 Å². The summed E-state index contributed by atoms with van der Waals surface area (Å²) in [5.74, 6) is 0.180. The quantitative estimate of drug-likeness (QED) is 0.624. The van der Waals surface area contributed by atoms with Gasteiger partial charge < -0.3 is 10.2 Å². The summed E-state index contributed by atoms with van der Waals surface area (Å²) in [5, 5.41) is 2.79. The Morgan fingerprint density at radius 3 is 2.23 bits per heavy atom. The SMILES string of the molecule is CC.CC.CN1CCNC(=O)CC1. The van der Waals surface area contributed by atoms with Gasteiger partial charge in [0.05, 0.1) is 0 Å². The van der Waals surface area contributed by atoms with E-state index in [0.717, 1.165) is 19.6 Å². The van der Waals surface area contributed by atoms with E-state index in [9.17, 15) is 4.79 Å². The lowest BCUT2D eigenvalue weighted by Gasteiger charge is -2.09. The standard InChI is InChI=1S/C6H12N2O.2C2H6/c1-8-4-2-6(9)7-3-5-8;2*1-2/h2-5H2,1H3,(H,7,9);2*1-2H3. The lowest BCUT2D eigenvalue weighted by Crippen LogP contribution is -2.25. The van der Waals surface area contributed by atoms with Crippen molar-refractivity contribution in [3.05, 3.63) is 0 Å². The lowest BCUT2D eigenvalue weighted by atomic mass is 10.4. The fraction of sp³-hybridized carbons (Fsp3) is 0.900. The van der Waals surface area contributed by atoms with Crippen molar-refractivity contribution in [1.82, 2.24) is 10.2 Å². The second-order valence-electron chi connectivity index (χ2n) is 2.40. The first-order chi connectivity index (χ1) is 6.29. The van der Waals surface area contributed by atoms with E-state index in [1.807, 2.05) is 34.7 Å². The highest BCUT2D eigenvalue weighted by Crippen LogP contribution is 1.90. The number of hydrogen-bond acceptors (Lipinski definition) is 2. The first-order valence-corrected chi connectivity index (χ1v) is 5.24. The Hall–Kier alpha value is -0.570. The van der Waals surface area contributed by atoms with E-state index >= 15 is 0 Å². The van der Waals surface area contributed by atoms with Crippen LogP contribution >= 0.6 is 0 Å². The molecule has 0 aromatic heterocycles. The van der Waals surface area contributed by atoms with Crippen molar-refractivity contribution in [3.8, 4) is 0 Å². The van der Waals surface area contributed by atoms with E-state index in [0.29, 0.717) is 6.42 Å². The predicted molar refractivity (Wildman–Crippen MR) is 57.8 cm³/mol. The van der Waals surface area contributed by atoms with Crippen LogP contribution in [-0.2, 0) is 4.79 Å². The Morgan fingerprint density at radius 2 is 1.69 bits per heavy atom. The van der Waals surface area contributed by atoms with Gasteiger partial charge in [0, 0.05) is 26.1 Å². The van der Waals surface area contributed by atoms with Crippen molar-refractivity contribution in [2.45, 2.75) is 34.1 Å². The highest BCUT2D eigenvalue weighted by molar-refractivity contribution is 5.76. The Morgan fingerprint density at radius 1 is 1.15 bits per heavy atom. The summed E-state index contributed by atoms with van der Waals surface area (Å²) in [5.41, 5.74) is 0. The summed E-state index contributed by atoms with van der Waals surface area (Å²) in [6, 6.07) is 0. The van der Waals surface area contributed by atoms with Gasteiger partial charge in [-0.15, -0.1) is 0 Å². The van der Waals surface area contributed by atoms with Gasteiger partial charge in [0.2, 0.25) is 5.91 Å². The number of rotatable bonds is 0. The third-order valence-electron chi connectivity index (χ3n) is 1.54. The first kappa shape index (κ1) is 14.9. The third-order valence-corrected chi connectivity index (χ3v) is 1.54. The molecule has 0 aliphatic carbocycles. The monoisotopic (exact) mass is 188 g/mol. The molecule has 1 rings (SSSR count). The van der Waals surface area contributed by atoms with Crippen LogP contribution in [0.2, 0.25) is 0 Å². The van der Waals surface area contributed by atoms with Gasteiger partial charge in [-0.1, -0.05) is 27.7 Å². The molecule has 0 atom stereocenters. The molecule has 0 radical (unpaired) electrons. The summed E-state index contributed by atoms with van der Waals surface area (Å²) in [6.45, 7) is 10.7. The van der Waals surface area contributed by atoms with E-state index in [1.54, 1.807) is 0 Å². The highest BCUT2D eigenvalue weighted by Gasteiger charge is 2.07. The zero-order chi connectivity index (χ0) is 10.7. The second kappa shape index (κ2) is 11.4. The normalized spacial score (nSPS) is 16.8. The molecule has 3 heteroatoms. The zero-order valence-electron chi connectivity index (χ0n) is 9.68. The van der Waals surface area contributed by atoms with Crippen molar-refractivity contribution in [2.24, 2.45) is 0 Å². The van der Waals surface area contributed by atoms with Crippen molar-refractivity contribution in [1.29, 1.82) is 0 Å². The van der Waals surface area contributed by atoms with E-state index in [4.69, 9.17) is 0 Å². The van der Waals surface area contributed by atoms with Crippen LogP contribution in [0.15, 0.2) is 0 Å². The molecule has 0 saturated carbocycles. The fourth-order valence-electron chi connectivity index (χ4n) is 0.879. The summed E-state index contributed by atoms with van der Waals surface area (Å²) >= 11 is 0. The topological polar surface area (TPSA) is 32.3 Å². The van der Waals surface area contributed by atoms with Crippen LogP contribution in [-0.4, -0.2) is 37.5 Å². The summed E-state index contributed by atoms with van der Waals surface area (Å²) in [6.07, 6.45) is 0.649. The summed E-state index contributed by atoms with van der Waals surface area (Å²) in [7, 11) is 2.03. The Kier molecular flexibility index (Phi) is 13.1. The van der Waals surface area contributed by atoms with Gasteiger partial charge in [-0.3, -0.25) is 4.79 Å². The molecule has 1 N–H and O–H groups in total. The fourth-order valence-corrected chi connectivity index (χ4v) is 0.879. The molecule has 3 nitrogen and oxygen atoms in total. The molecular formula is C10H24N2O. The van der Waals surface area contributed by atoms with Crippen LogP contribution in [0.1, 0.15) is 34.1 Å². The average Bonchev–Trinajstić information content (AvgIpc) is 2.38. The number of nitrogens with zero attached hydrogens (tertiary/aromatic N) is 1. The van der Waals surface area contributed by atoms with Crippen molar-refractivity contribution >= 4 is 5.91 Å². The zero-order valence-corrected chi connectivity index (χ0v) is 9.68. The van der Waals surface area contributed by atoms with Crippen molar-refractivity contribution in [2.75, 3.05) is 26.7 Å². The van der Waals surface area contributed by atoms with E-state index < -0.39 is 0 Å². The van der Waals surface area contributed by atoms with Crippen LogP contribution in [0.4, 0.5) is 0 Å². The second-order valence-corrected chi connectivity index (χ2v) is 2.40.